The number of hydrogen-bond donors (Lipinski definition) is 21. The molecule has 754 valence electrons. The summed E-state index contributed by atoms with van der Waals surface area (Å²) >= 11 is 10.8. The first-order valence-corrected chi connectivity index (χ1v) is 34.4. The van der Waals surface area contributed by atoms with Crippen LogP contribution in [0.1, 0.15) is 105 Å². The normalized spacial score (nSPS) is 10.7. The first-order valence-electron chi connectivity index (χ1n) is 32.8. The first kappa shape index (κ1) is 150. The highest BCUT2D eigenvalue weighted by Gasteiger charge is 2.25. The zero-order valence-electron chi connectivity index (χ0n) is 68.6. The lowest BCUT2D eigenvalue weighted by molar-refractivity contribution is -0.186. The molecule has 0 radical (unpaired) electrons. The van der Waals surface area contributed by atoms with Crippen LogP contribution in [0.25, 0.3) is 0 Å². The van der Waals surface area contributed by atoms with Crippen molar-refractivity contribution in [2.45, 2.75) is 158 Å². The van der Waals surface area contributed by atoms with Crippen LogP contribution in [0.15, 0.2) is 24.7 Å². The van der Waals surface area contributed by atoms with Gasteiger partial charge in [0.25, 0.3) is 84.1 Å². The van der Waals surface area contributed by atoms with Crippen molar-refractivity contribution in [1.82, 2.24) is 0 Å². The van der Waals surface area contributed by atoms with Crippen LogP contribution in [0.2, 0.25) is 0 Å². The molecule has 0 fully saturated rings. The third kappa shape index (κ3) is 184. The van der Waals surface area contributed by atoms with E-state index in [0.29, 0.717) is 44.9 Å². The number of rotatable bonds is 55. The first-order chi connectivity index (χ1) is 61.3. The fourth-order valence-electron chi connectivity index (χ4n) is 4.07. The van der Waals surface area contributed by atoms with Crippen LogP contribution in [0.3, 0.4) is 0 Å². The lowest BCUT2D eigenvalue weighted by Crippen LogP contribution is -2.35. The summed E-state index contributed by atoms with van der Waals surface area (Å²) in [6.07, 6.45) is -5.06. The lowest BCUT2D eigenvalue weighted by Gasteiger charge is -2.19. The molecule has 63 nitrogen and oxygen atoms in total. The van der Waals surface area contributed by atoms with Crippen molar-refractivity contribution >= 4 is 225 Å². The Morgan fingerprint density at radius 3 is 1.17 bits per heavy atom. The average Bonchev–Trinajstić information content (AvgIpc) is 0.957. The molecule has 0 saturated heterocycles. The van der Waals surface area contributed by atoms with E-state index < -0.39 is 161 Å². The number of aliphatic hydroxyl groups excluding tert-OH is 3. The summed E-state index contributed by atoms with van der Waals surface area (Å²) in [7, 11) is 0. The molecular weight excluding hydrogens is 1900 g/mol. The molecule has 66 heteroatoms. The van der Waals surface area contributed by atoms with E-state index in [1.807, 2.05) is 0 Å². The predicted molar refractivity (Wildman–Crippen MR) is 417 cm³/mol. The van der Waals surface area contributed by atoms with Gasteiger partial charge in [0.15, 0.2) is 17.5 Å². The monoisotopic (exact) mass is 1990 g/mol. The molecule has 9 unspecified atom stereocenters. The molecule has 0 aromatic heterocycles. The minimum atomic E-state index is -2.09. The van der Waals surface area contributed by atoms with Gasteiger partial charge in [0.2, 0.25) is 18.7 Å². The van der Waals surface area contributed by atoms with Crippen molar-refractivity contribution < 1.29 is 307 Å². The molecule has 0 amide bonds. The summed E-state index contributed by atoms with van der Waals surface area (Å²) in [5.74, 6) is -14.5. The minimum absolute atomic E-state index is 0.00634. The number of ether oxygens (including phenoxy) is 15. The maximum Gasteiger partial charge on any atom is 0.513 e. The van der Waals surface area contributed by atoms with Crippen LogP contribution < -0.4 is 0 Å². The molecule has 0 aromatic rings. The van der Waals surface area contributed by atoms with E-state index in [1.165, 1.54) is 34.6 Å². The number of hydrogen-bond acceptors (Lipinski definition) is 51. The lowest BCUT2D eigenvalue weighted by atomic mass is 10.1. The zero-order chi connectivity index (χ0) is 107. The summed E-state index contributed by atoms with van der Waals surface area (Å²) in [4.78, 5) is 289. The van der Waals surface area contributed by atoms with Gasteiger partial charge in [-0.2, -0.15) is 12.6 Å². The molecule has 0 saturated carbocycles. The van der Waals surface area contributed by atoms with E-state index in [-0.39, 0.29) is 148 Å². The van der Waals surface area contributed by atoms with Gasteiger partial charge < -0.3 is 163 Å². The quantitative estimate of drug-likeness (QED) is 0.00261. The Hall–Kier alpha value is -15.9. The van der Waals surface area contributed by atoms with Crippen molar-refractivity contribution in [1.29, 1.82) is 0 Å². The number of carbonyl (C=O) groups is 30. The number of aliphatic carboxylic acids is 14. The number of unbranched alkanes of at least 4 members (excludes halogenated alkanes) is 1. The number of thiol groups is 3. The third-order valence-corrected chi connectivity index (χ3v) is 10.9. The Kier molecular flexibility index (Phi) is 131. The molecule has 0 spiro atoms. The summed E-state index contributed by atoms with van der Waals surface area (Å²) in [6.45, 7) is 12.7. The Morgan fingerprint density at radius 1 is 0.409 bits per heavy atom. The van der Waals surface area contributed by atoms with Crippen molar-refractivity contribution in [3.63, 3.8) is 0 Å². The van der Waals surface area contributed by atoms with Gasteiger partial charge in [-0.15, -0.1) is 25.3 Å². The van der Waals surface area contributed by atoms with Crippen LogP contribution in [0, 0.1) is 17.9 Å². The Labute approximate surface area is 755 Å². The van der Waals surface area contributed by atoms with Gasteiger partial charge in [0.1, 0.15) is 60.6 Å². The van der Waals surface area contributed by atoms with E-state index in [1.54, 1.807) is 12.0 Å². The van der Waals surface area contributed by atoms with Crippen LogP contribution in [-0.2, 0) is 210 Å². The molecule has 0 aliphatic heterocycles. The van der Waals surface area contributed by atoms with E-state index in [2.05, 4.69) is 116 Å². The molecule has 0 bridgehead atoms. The van der Waals surface area contributed by atoms with Gasteiger partial charge in [-0.25, -0.2) is 24.0 Å². The molecule has 0 aliphatic rings. The maximum absolute atomic E-state index is 10.2. The number of carboxylic acid groups (broad SMARTS) is 15. The van der Waals surface area contributed by atoms with E-state index in [9.17, 15) is 134 Å². The third-order valence-electron chi connectivity index (χ3n) is 9.41. The molecule has 0 aromatic carbocycles. The van der Waals surface area contributed by atoms with Gasteiger partial charge in [-0.05, 0) is 53.9 Å². The Morgan fingerprint density at radius 2 is 0.848 bits per heavy atom. The Balaban J connectivity index is -0.0000000856. The highest BCUT2D eigenvalue weighted by molar-refractivity contribution is 7.85. The molecule has 0 rings (SSSR count). The largest absolute Gasteiger partial charge is 0.513 e. The van der Waals surface area contributed by atoms with Gasteiger partial charge in [-0.3, -0.25) is 120 Å². The fourth-order valence-corrected chi connectivity index (χ4v) is 4.52. The van der Waals surface area contributed by atoms with Gasteiger partial charge in [0, 0.05) is 12.8 Å². The topological polar surface area (TPSA) is 1010 Å². The number of aliphatic hydroxyl groups is 3. The molecule has 0 aliphatic carbocycles. The van der Waals surface area contributed by atoms with Gasteiger partial charge in [-0.1, -0.05) is 6.58 Å². The fraction of sp³-hybridized carbons (Fsp3) is 0.455. The summed E-state index contributed by atoms with van der Waals surface area (Å²) in [6, 6.07) is 0. The van der Waals surface area contributed by atoms with E-state index in [0.717, 1.165) is 6.26 Å². The van der Waals surface area contributed by atoms with Crippen molar-refractivity contribution in [2.24, 2.45) is 5.92 Å². The van der Waals surface area contributed by atoms with E-state index >= 15 is 0 Å². The number of carbonyl (C=O) groups excluding carboxylic acids is 15. The second-order valence-electron chi connectivity index (χ2n) is 20.2. The van der Waals surface area contributed by atoms with Crippen LogP contribution >= 0.6 is 37.9 Å². The molecule has 9 atom stereocenters. The summed E-state index contributed by atoms with van der Waals surface area (Å²) in [5.41, 5.74) is -2.73. The molecular formula is C66H94O63S3. The van der Waals surface area contributed by atoms with Crippen LogP contribution in [0.5, 0.6) is 0 Å². The average molecular weight is 1990 g/mol. The highest BCUT2D eigenvalue weighted by Crippen LogP contribution is 2.12. The SMILES string of the molecule is C=C(CC(=O)O)OC=O.CC(C)(CC(=O)O)OC=O.CC(CC(=O)O)OC=O.CC(OC=O)C(C)C(=O)O.O=CO/C=C/C(=O)O.O=COC#CC(=O)O.O=COC(=O)O.O=COC(O)C(O)C(=O)O.O=COC(O)CC(=O)O.O=COC(S)C(S)C(=O)O.O=COC(S)CC(=O)O.O=COCC(=O)O.O=COCCC(=O)O.O=COCCCC(=O)O.O=COCCCCC(=O)O. The second-order valence-corrected chi connectivity index (χ2v) is 21.9. The summed E-state index contributed by atoms with van der Waals surface area (Å²) in [5, 5.41) is 144. The second kappa shape index (κ2) is 115. The Bertz CT molecular complexity index is 3280. The smallest absolute Gasteiger partial charge is 0.481 e. The minimum Gasteiger partial charge on any atom is -0.481 e. The number of carboxylic acids is 14. The van der Waals surface area contributed by atoms with Gasteiger partial charge >= 0.3 is 103 Å². The highest BCUT2D eigenvalue weighted by atomic mass is 32.1. The molecule has 132 heavy (non-hydrogen) atoms. The van der Waals surface area contributed by atoms with Crippen molar-refractivity contribution in [3.05, 3.63) is 24.7 Å². The van der Waals surface area contributed by atoms with Crippen LogP contribution in [0.4, 0.5) is 4.79 Å². The molecule has 0 heterocycles. The van der Waals surface area contributed by atoms with E-state index in [4.69, 9.17) is 102 Å². The molecule has 18 N–H and O–H groups in total. The standard InChI is InChI=1S/3C6H10O4.C5H8O4.C5H6O4.C5H8O4.C4H6O6.C4H6O5.C4H6O4S2.C4H6O4S.C4H6O4.C4H4O4.C4H2O4.C3H4O4.C2H2O4/c1-6(2,10-4-7)3-5(8)9;1-4(6(8)9)5(2)10-3-7;7-5-10-4-2-1-3-6(8)9;2*1-4(9-3-6)2-5(7)8;6-4-9-3-1-2-5(7)8;5-1-10-4(9)2(6)3(7)8;5-2-9-4(8)1-3(6)7;5-1-8-4(10)2(9)3(6)7;5-2-8-4(9)1-3(6)7;3*5-3-8-2-1-4(6)7;4-2-7-1-3(5)6;3-1-6-2(4)5/h4H,3H2,1-2H3,(H,8,9);3-5H,1-2H3,(H,8,9);5H,1-4H2,(H,8,9);3-4H,2H2,1H3,(H,7,8);3H,1-2H2,(H,7,8);4H,1-3H2,(H,7,8);1-2,4,6,9H,(H,7,8);2,4,8H,1H2,(H,6,7);1-2,4,9-10H,(H,6,7);2,4,9H,1H2,(H,6,7);3H,1-2H2,(H,6,7);1-3H,(H,6,7);3H,(H,6,7);2H,1H2,(H,5,6);1H,(H,4,5)/b;;;;;;;;;;;2-1+;;;. The van der Waals surface area contributed by atoms with Gasteiger partial charge in [0.05, 0.1) is 56.8 Å². The van der Waals surface area contributed by atoms with Crippen LogP contribution in [-0.4, -0.2) is 358 Å². The maximum atomic E-state index is 10.2. The predicted octanol–water partition coefficient (Wildman–Crippen LogP) is -4.47. The zero-order valence-corrected chi connectivity index (χ0v) is 71.3. The van der Waals surface area contributed by atoms with Crippen molar-refractivity contribution in [2.75, 3.05) is 26.4 Å². The van der Waals surface area contributed by atoms with Crippen molar-refractivity contribution in [3.8, 4) is 12.0 Å². The summed E-state index contributed by atoms with van der Waals surface area (Å²) < 4.78 is 60.6.